The molecule has 1 aromatic rings. The molecule has 0 aliphatic carbocycles. The summed E-state index contributed by atoms with van der Waals surface area (Å²) in [4.78, 5) is 21.6. The van der Waals surface area contributed by atoms with Crippen LogP contribution in [0.1, 0.15) is 33.6 Å². The first-order valence-electron chi connectivity index (χ1n) is 6.95. The maximum Gasteiger partial charge on any atom is 0.410 e. The molecule has 1 fully saturated rings. The molecule has 6 nitrogen and oxygen atoms in total. The molecule has 1 aliphatic heterocycles. The monoisotopic (exact) mass is 313 g/mol. The maximum absolute atomic E-state index is 11.9. The van der Waals surface area contributed by atoms with E-state index in [9.17, 15) is 4.79 Å². The molecule has 1 saturated heterocycles. The maximum atomic E-state index is 11.9. The number of likely N-dealkylation sites (tertiary alicyclic amines) is 1. The zero-order valence-corrected chi connectivity index (χ0v) is 13.3. The lowest BCUT2D eigenvalue weighted by molar-refractivity contribution is 0.0123. The Morgan fingerprint density at radius 2 is 2.00 bits per heavy atom. The molecule has 0 spiro atoms. The third-order valence-corrected chi connectivity index (χ3v) is 3.15. The predicted molar refractivity (Wildman–Crippen MR) is 78.5 cm³/mol. The highest BCUT2D eigenvalue weighted by atomic mass is 35.5. The van der Waals surface area contributed by atoms with E-state index in [0.717, 1.165) is 12.8 Å². The third-order valence-electron chi connectivity index (χ3n) is 2.96. The minimum Gasteiger partial charge on any atom is -0.473 e. The van der Waals surface area contributed by atoms with E-state index >= 15 is 0 Å². The molecule has 0 N–H and O–H groups in total. The van der Waals surface area contributed by atoms with Crippen LogP contribution in [0.5, 0.6) is 5.88 Å². The molecular weight excluding hydrogens is 294 g/mol. The van der Waals surface area contributed by atoms with Gasteiger partial charge in [-0.1, -0.05) is 11.6 Å². The minimum atomic E-state index is -0.471. The number of rotatable bonds is 2. The molecule has 0 atom stereocenters. The Morgan fingerprint density at radius 3 is 2.57 bits per heavy atom. The molecule has 21 heavy (non-hydrogen) atoms. The molecule has 0 radical (unpaired) electrons. The van der Waals surface area contributed by atoms with Gasteiger partial charge in [0.15, 0.2) is 5.15 Å². The van der Waals surface area contributed by atoms with E-state index < -0.39 is 5.60 Å². The summed E-state index contributed by atoms with van der Waals surface area (Å²) in [5, 5.41) is 0.304. The number of carbonyl (C=O) groups excluding carboxylic acids is 1. The Balaban J connectivity index is 1.82. The van der Waals surface area contributed by atoms with Crippen molar-refractivity contribution in [3.8, 4) is 5.88 Å². The van der Waals surface area contributed by atoms with E-state index in [1.807, 2.05) is 20.8 Å². The van der Waals surface area contributed by atoms with Gasteiger partial charge in [0.1, 0.15) is 11.7 Å². The van der Waals surface area contributed by atoms with Gasteiger partial charge in [-0.2, -0.15) is 4.98 Å². The molecule has 0 unspecified atom stereocenters. The molecule has 0 bridgehead atoms. The lowest BCUT2D eigenvalue weighted by Gasteiger charge is -2.33. The standard InChI is InChI=1S/C14H20ClN3O3/c1-14(2,3)21-13(19)18-6-4-10(5-7-18)20-12-9-16-8-11(15)17-12/h8-10H,4-7H2,1-3H3. The number of carbonyl (C=O) groups is 1. The van der Waals surface area contributed by atoms with Crippen molar-refractivity contribution in [3.05, 3.63) is 17.5 Å². The van der Waals surface area contributed by atoms with Crippen LogP contribution in [0.25, 0.3) is 0 Å². The first-order chi connectivity index (χ1) is 9.83. The third kappa shape index (κ3) is 5.04. The van der Waals surface area contributed by atoms with Crippen LogP contribution in [0.3, 0.4) is 0 Å². The summed E-state index contributed by atoms with van der Waals surface area (Å²) in [5.41, 5.74) is -0.471. The first kappa shape index (κ1) is 15.8. The van der Waals surface area contributed by atoms with Crippen molar-refractivity contribution < 1.29 is 14.3 Å². The average molecular weight is 314 g/mol. The Kier molecular flexibility index (Phi) is 4.88. The van der Waals surface area contributed by atoms with Crippen molar-refractivity contribution in [2.24, 2.45) is 0 Å². The van der Waals surface area contributed by atoms with Crippen LogP contribution in [0.2, 0.25) is 5.15 Å². The Bertz CT molecular complexity index is 496. The molecule has 0 saturated carbocycles. The average Bonchev–Trinajstić information content (AvgIpc) is 2.37. The Morgan fingerprint density at radius 1 is 1.33 bits per heavy atom. The van der Waals surface area contributed by atoms with Crippen LogP contribution in [0.15, 0.2) is 12.4 Å². The van der Waals surface area contributed by atoms with E-state index in [-0.39, 0.29) is 12.2 Å². The van der Waals surface area contributed by atoms with Crippen LogP contribution in [0.4, 0.5) is 4.79 Å². The fraction of sp³-hybridized carbons (Fsp3) is 0.643. The van der Waals surface area contributed by atoms with Gasteiger partial charge in [-0.25, -0.2) is 4.79 Å². The van der Waals surface area contributed by atoms with Crippen LogP contribution in [0, 0.1) is 0 Å². The molecule has 116 valence electrons. The molecule has 1 aliphatic rings. The Labute approximate surface area is 129 Å². The molecular formula is C14H20ClN3O3. The summed E-state index contributed by atoms with van der Waals surface area (Å²) >= 11 is 5.77. The molecule has 2 heterocycles. The van der Waals surface area contributed by atoms with Crippen molar-refractivity contribution >= 4 is 17.7 Å². The van der Waals surface area contributed by atoms with Crippen LogP contribution < -0.4 is 4.74 Å². The fourth-order valence-corrected chi connectivity index (χ4v) is 2.18. The molecule has 2 rings (SSSR count). The van der Waals surface area contributed by atoms with Gasteiger partial charge in [0.25, 0.3) is 0 Å². The largest absolute Gasteiger partial charge is 0.473 e. The number of aromatic nitrogens is 2. The second-order valence-electron chi connectivity index (χ2n) is 5.96. The summed E-state index contributed by atoms with van der Waals surface area (Å²) in [6.07, 6.45) is 4.19. The highest BCUT2D eigenvalue weighted by Crippen LogP contribution is 2.19. The predicted octanol–water partition coefficient (Wildman–Crippen LogP) is 2.91. The van der Waals surface area contributed by atoms with Crippen molar-refractivity contribution in [2.45, 2.75) is 45.3 Å². The minimum absolute atomic E-state index is 0.0106. The van der Waals surface area contributed by atoms with Gasteiger partial charge in [-0.3, -0.25) is 4.98 Å². The fourth-order valence-electron chi connectivity index (χ4n) is 2.04. The normalized spacial score (nSPS) is 16.7. The van der Waals surface area contributed by atoms with E-state index in [1.54, 1.807) is 4.90 Å². The van der Waals surface area contributed by atoms with Crippen LogP contribution >= 0.6 is 11.6 Å². The van der Waals surface area contributed by atoms with Crippen molar-refractivity contribution in [1.82, 2.24) is 14.9 Å². The van der Waals surface area contributed by atoms with E-state index in [2.05, 4.69) is 9.97 Å². The zero-order chi connectivity index (χ0) is 15.5. The number of amides is 1. The number of ether oxygens (including phenoxy) is 2. The number of halogens is 1. The van der Waals surface area contributed by atoms with Gasteiger partial charge in [-0.15, -0.1) is 0 Å². The molecule has 7 heteroatoms. The van der Waals surface area contributed by atoms with Crippen molar-refractivity contribution in [3.63, 3.8) is 0 Å². The Hall–Kier alpha value is -1.56. The van der Waals surface area contributed by atoms with Gasteiger partial charge in [0.2, 0.25) is 5.88 Å². The number of hydrogen-bond acceptors (Lipinski definition) is 5. The molecule has 0 aromatic carbocycles. The second kappa shape index (κ2) is 6.47. The van der Waals surface area contributed by atoms with Crippen molar-refractivity contribution in [1.29, 1.82) is 0 Å². The smallest absolute Gasteiger partial charge is 0.410 e. The topological polar surface area (TPSA) is 64.5 Å². The van der Waals surface area contributed by atoms with Gasteiger partial charge in [-0.05, 0) is 20.8 Å². The first-order valence-corrected chi connectivity index (χ1v) is 7.33. The number of hydrogen-bond donors (Lipinski definition) is 0. The van der Waals surface area contributed by atoms with Gasteiger partial charge < -0.3 is 14.4 Å². The summed E-state index contributed by atoms with van der Waals surface area (Å²) < 4.78 is 11.1. The second-order valence-corrected chi connectivity index (χ2v) is 6.35. The SMILES string of the molecule is CC(C)(C)OC(=O)N1CCC(Oc2cncc(Cl)n2)CC1. The molecule has 1 aromatic heterocycles. The number of piperidine rings is 1. The number of nitrogens with zero attached hydrogens (tertiary/aromatic N) is 3. The van der Waals surface area contributed by atoms with Gasteiger partial charge >= 0.3 is 6.09 Å². The van der Waals surface area contributed by atoms with Crippen LogP contribution in [-0.4, -0.2) is 45.8 Å². The zero-order valence-electron chi connectivity index (χ0n) is 12.5. The highest BCUT2D eigenvalue weighted by Gasteiger charge is 2.27. The summed E-state index contributed by atoms with van der Waals surface area (Å²) in [6, 6.07) is 0. The summed E-state index contributed by atoms with van der Waals surface area (Å²) in [7, 11) is 0. The van der Waals surface area contributed by atoms with Crippen molar-refractivity contribution in [2.75, 3.05) is 13.1 Å². The quantitative estimate of drug-likeness (QED) is 0.840. The van der Waals surface area contributed by atoms with E-state index in [0.29, 0.717) is 24.1 Å². The van der Waals surface area contributed by atoms with Gasteiger partial charge in [0.05, 0.1) is 12.4 Å². The molecule has 1 amide bonds. The highest BCUT2D eigenvalue weighted by molar-refractivity contribution is 6.29. The lowest BCUT2D eigenvalue weighted by atomic mass is 10.1. The summed E-state index contributed by atoms with van der Waals surface area (Å²) in [6.45, 7) is 6.79. The lowest BCUT2D eigenvalue weighted by Crippen LogP contribution is -2.44. The van der Waals surface area contributed by atoms with E-state index in [1.165, 1.54) is 12.4 Å². The van der Waals surface area contributed by atoms with E-state index in [4.69, 9.17) is 21.1 Å². The van der Waals surface area contributed by atoms with Crippen LogP contribution in [-0.2, 0) is 4.74 Å². The van der Waals surface area contributed by atoms with Gasteiger partial charge in [0, 0.05) is 25.9 Å². The summed E-state index contributed by atoms with van der Waals surface area (Å²) in [5.74, 6) is 0.415.